The Morgan fingerprint density at radius 1 is 1.16 bits per heavy atom. The molecule has 0 aliphatic rings. The molecule has 0 fully saturated rings. The standard InChI is InChI=1S/C23H21N5O3S/c1-15-11-17-8-7-16(12-19(17)27-21(15)24)14-28(23(29)18-5-3-9-25-13-18)20-6-4-10-26-22(20)32(2,30)31/h3-13H,14H2,1-2H3,(H2,24,27)/i1D3. The van der Waals surface area contributed by atoms with Crippen LogP contribution in [0.2, 0.25) is 0 Å². The number of amides is 1. The van der Waals surface area contributed by atoms with Crippen LogP contribution in [0.3, 0.4) is 0 Å². The van der Waals surface area contributed by atoms with Crippen molar-refractivity contribution in [3.8, 4) is 0 Å². The molecular weight excluding hydrogens is 426 g/mol. The minimum Gasteiger partial charge on any atom is -0.383 e. The first-order chi connectivity index (χ1) is 16.4. The van der Waals surface area contributed by atoms with Crippen LogP contribution in [0.4, 0.5) is 11.5 Å². The second-order valence-electron chi connectivity index (χ2n) is 7.18. The molecule has 3 aromatic heterocycles. The summed E-state index contributed by atoms with van der Waals surface area (Å²) in [5.41, 5.74) is 7.29. The second-order valence-corrected chi connectivity index (χ2v) is 9.11. The van der Waals surface area contributed by atoms with E-state index in [0.29, 0.717) is 16.5 Å². The maximum Gasteiger partial charge on any atom is 0.260 e. The van der Waals surface area contributed by atoms with Gasteiger partial charge in [-0.3, -0.25) is 9.78 Å². The van der Waals surface area contributed by atoms with Gasteiger partial charge in [-0.1, -0.05) is 12.1 Å². The number of benzene rings is 1. The average molecular weight is 451 g/mol. The minimum absolute atomic E-state index is 0.0134. The molecule has 4 aromatic rings. The Morgan fingerprint density at radius 2 is 1.97 bits per heavy atom. The van der Waals surface area contributed by atoms with Crippen molar-refractivity contribution in [3.63, 3.8) is 0 Å². The van der Waals surface area contributed by atoms with Gasteiger partial charge in [0.05, 0.1) is 23.3 Å². The van der Waals surface area contributed by atoms with Crippen LogP contribution in [0.25, 0.3) is 10.9 Å². The maximum atomic E-state index is 13.5. The van der Waals surface area contributed by atoms with E-state index in [-0.39, 0.29) is 34.2 Å². The molecule has 3 heterocycles. The number of nitrogens with zero attached hydrogens (tertiary/aromatic N) is 4. The Balaban J connectivity index is 1.82. The first kappa shape index (κ1) is 17.8. The highest BCUT2D eigenvalue weighted by Crippen LogP contribution is 2.27. The van der Waals surface area contributed by atoms with Gasteiger partial charge >= 0.3 is 0 Å². The quantitative estimate of drug-likeness (QED) is 0.496. The van der Waals surface area contributed by atoms with E-state index in [2.05, 4.69) is 15.0 Å². The zero-order chi connectivity index (χ0) is 25.4. The zero-order valence-corrected chi connectivity index (χ0v) is 17.9. The van der Waals surface area contributed by atoms with Crippen molar-refractivity contribution in [1.29, 1.82) is 0 Å². The molecule has 4 rings (SSSR count). The van der Waals surface area contributed by atoms with Crippen molar-refractivity contribution in [2.24, 2.45) is 0 Å². The molecule has 0 atom stereocenters. The van der Waals surface area contributed by atoms with Crippen molar-refractivity contribution >= 4 is 38.2 Å². The predicted octanol–water partition coefficient (Wildman–Crippen LogP) is 3.17. The smallest absolute Gasteiger partial charge is 0.260 e. The van der Waals surface area contributed by atoms with E-state index in [0.717, 1.165) is 6.26 Å². The van der Waals surface area contributed by atoms with Crippen LogP contribution in [-0.2, 0) is 16.4 Å². The predicted molar refractivity (Wildman–Crippen MR) is 123 cm³/mol. The van der Waals surface area contributed by atoms with Crippen LogP contribution in [0.1, 0.15) is 25.6 Å². The topological polar surface area (TPSA) is 119 Å². The summed E-state index contributed by atoms with van der Waals surface area (Å²) in [4.78, 5) is 27.0. The summed E-state index contributed by atoms with van der Waals surface area (Å²) in [6.45, 7) is -2.42. The second kappa shape index (κ2) is 8.35. The highest BCUT2D eigenvalue weighted by molar-refractivity contribution is 7.90. The lowest BCUT2D eigenvalue weighted by Crippen LogP contribution is -2.32. The number of aromatic nitrogens is 3. The summed E-state index contributed by atoms with van der Waals surface area (Å²) in [5.74, 6) is -0.578. The number of aryl methyl sites for hydroxylation is 1. The highest BCUT2D eigenvalue weighted by Gasteiger charge is 2.25. The summed E-state index contributed by atoms with van der Waals surface area (Å²) < 4.78 is 47.7. The number of hydrogen-bond acceptors (Lipinski definition) is 7. The Bertz CT molecular complexity index is 1530. The van der Waals surface area contributed by atoms with Gasteiger partial charge in [0.25, 0.3) is 5.91 Å². The number of carbonyl (C=O) groups excluding carboxylic acids is 1. The van der Waals surface area contributed by atoms with Gasteiger partial charge in [-0.05, 0) is 54.4 Å². The van der Waals surface area contributed by atoms with E-state index >= 15 is 0 Å². The van der Waals surface area contributed by atoms with Gasteiger partial charge in [0, 0.05) is 34.3 Å². The first-order valence-corrected chi connectivity index (χ1v) is 11.4. The van der Waals surface area contributed by atoms with E-state index in [1.165, 1.54) is 35.6 Å². The van der Waals surface area contributed by atoms with Crippen LogP contribution in [-0.4, -0.2) is 35.5 Å². The Labute approximate surface area is 189 Å². The lowest BCUT2D eigenvalue weighted by atomic mass is 10.1. The fourth-order valence-electron chi connectivity index (χ4n) is 3.29. The molecule has 0 radical (unpaired) electrons. The number of rotatable bonds is 5. The molecule has 162 valence electrons. The van der Waals surface area contributed by atoms with Gasteiger partial charge in [-0.2, -0.15) is 0 Å². The van der Waals surface area contributed by atoms with Gasteiger partial charge < -0.3 is 10.6 Å². The molecule has 0 aliphatic carbocycles. The number of carbonyl (C=O) groups is 1. The molecule has 0 saturated carbocycles. The van der Waals surface area contributed by atoms with E-state index < -0.39 is 22.6 Å². The normalized spacial score (nSPS) is 13.2. The van der Waals surface area contributed by atoms with Crippen LogP contribution in [0, 0.1) is 6.85 Å². The van der Waals surface area contributed by atoms with Crippen LogP contribution in [0.15, 0.2) is 72.1 Å². The monoisotopic (exact) mass is 450 g/mol. The van der Waals surface area contributed by atoms with Gasteiger partial charge in [-0.15, -0.1) is 0 Å². The third kappa shape index (κ3) is 4.28. The third-order valence-electron chi connectivity index (χ3n) is 4.80. The average Bonchev–Trinajstić information content (AvgIpc) is 2.81. The SMILES string of the molecule is [2H]C([2H])([2H])c1cc2ccc(CN(C(=O)c3cccnc3)c3cccnc3S(C)(=O)=O)cc2nc1N. The highest BCUT2D eigenvalue weighted by atomic mass is 32.2. The number of hydrogen-bond donors (Lipinski definition) is 1. The zero-order valence-electron chi connectivity index (χ0n) is 20.1. The van der Waals surface area contributed by atoms with Gasteiger partial charge in [0.2, 0.25) is 0 Å². The van der Waals surface area contributed by atoms with E-state index in [9.17, 15) is 13.2 Å². The largest absolute Gasteiger partial charge is 0.383 e. The fourth-order valence-corrected chi connectivity index (χ4v) is 4.10. The fraction of sp³-hybridized carbons (Fsp3) is 0.130. The van der Waals surface area contributed by atoms with Gasteiger partial charge in [0.15, 0.2) is 14.9 Å². The summed E-state index contributed by atoms with van der Waals surface area (Å²) in [6, 6.07) is 12.8. The first-order valence-electron chi connectivity index (χ1n) is 11.0. The van der Waals surface area contributed by atoms with Gasteiger partial charge in [0.1, 0.15) is 5.82 Å². The van der Waals surface area contributed by atoms with E-state index in [1.54, 1.807) is 36.4 Å². The summed E-state index contributed by atoms with van der Waals surface area (Å²) >= 11 is 0. The molecule has 8 nitrogen and oxygen atoms in total. The van der Waals surface area contributed by atoms with Crippen molar-refractivity contribution in [2.45, 2.75) is 18.4 Å². The summed E-state index contributed by atoms with van der Waals surface area (Å²) in [6.07, 6.45) is 5.29. The maximum absolute atomic E-state index is 13.5. The van der Waals surface area contributed by atoms with Crippen molar-refractivity contribution < 1.29 is 17.3 Å². The Hall–Kier alpha value is -3.85. The molecule has 1 amide bonds. The molecule has 2 N–H and O–H groups in total. The summed E-state index contributed by atoms with van der Waals surface area (Å²) in [7, 11) is -3.75. The van der Waals surface area contributed by atoms with E-state index in [1.807, 2.05) is 0 Å². The van der Waals surface area contributed by atoms with Crippen molar-refractivity contribution in [3.05, 3.63) is 83.8 Å². The van der Waals surface area contributed by atoms with Crippen LogP contribution < -0.4 is 10.6 Å². The third-order valence-corrected chi connectivity index (χ3v) is 5.82. The molecular formula is C23H21N5O3S. The Kier molecular flexibility index (Phi) is 4.64. The molecule has 0 unspecified atom stereocenters. The number of nitrogens with two attached hydrogens (primary N) is 1. The van der Waals surface area contributed by atoms with Crippen molar-refractivity contribution in [1.82, 2.24) is 15.0 Å². The number of fused-ring (bicyclic) bond motifs is 1. The molecule has 1 aromatic carbocycles. The van der Waals surface area contributed by atoms with Crippen LogP contribution >= 0.6 is 0 Å². The number of nitrogen functional groups attached to an aromatic ring is 1. The molecule has 0 aliphatic heterocycles. The summed E-state index contributed by atoms with van der Waals surface area (Å²) in [5, 5.41) is 0.333. The van der Waals surface area contributed by atoms with Crippen LogP contribution in [0.5, 0.6) is 0 Å². The molecule has 0 saturated heterocycles. The molecule has 32 heavy (non-hydrogen) atoms. The molecule has 0 spiro atoms. The lowest BCUT2D eigenvalue weighted by Gasteiger charge is -2.24. The number of pyridine rings is 3. The number of anilines is 2. The molecule has 9 heteroatoms. The lowest BCUT2D eigenvalue weighted by molar-refractivity contribution is 0.0984. The minimum atomic E-state index is -3.75. The molecule has 0 bridgehead atoms. The van der Waals surface area contributed by atoms with Gasteiger partial charge in [-0.25, -0.2) is 18.4 Å². The number of sulfone groups is 1. The Morgan fingerprint density at radius 3 is 2.69 bits per heavy atom. The van der Waals surface area contributed by atoms with E-state index in [4.69, 9.17) is 9.85 Å². The van der Waals surface area contributed by atoms with Crippen molar-refractivity contribution in [2.75, 3.05) is 16.9 Å².